The largest absolute Gasteiger partial charge is 0.481 e. The summed E-state index contributed by atoms with van der Waals surface area (Å²) in [5.41, 5.74) is 2.42. The Morgan fingerprint density at radius 1 is 1.26 bits per heavy atom. The van der Waals surface area contributed by atoms with Crippen LogP contribution in [0, 0.1) is 6.92 Å². The summed E-state index contributed by atoms with van der Waals surface area (Å²) in [4.78, 5) is 13.4. The second-order valence-corrected chi connectivity index (χ2v) is 6.93. The average Bonchev–Trinajstić information content (AvgIpc) is 2.83. The van der Waals surface area contributed by atoms with Crippen LogP contribution < -0.4 is 9.46 Å². The van der Waals surface area contributed by atoms with Crippen LogP contribution in [0.25, 0.3) is 16.7 Å². The van der Waals surface area contributed by atoms with Crippen LogP contribution in [0.5, 0.6) is 5.88 Å². The second-order valence-electron chi connectivity index (χ2n) is 5.18. The molecule has 3 aromatic heterocycles. The van der Waals surface area contributed by atoms with Gasteiger partial charge in [-0.1, -0.05) is 6.92 Å². The SMILES string of the molecule is CCc1nc(C)c2c(NS(C)(=O)=O)nc3ccc(OC)nc3n12. The molecule has 0 amide bonds. The van der Waals surface area contributed by atoms with Gasteiger partial charge in [-0.3, -0.25) is 9.12 Å². The Labute approximate surface area is 133 Å². The van der Waals surface area contributed by atoms with Gasteiger partial charge in [-0.05, 0) is 13.0 Å². The molecule has 0 aliphatic rings. The number of pyridine rings is 1. The normalized spacial score (nSPS) is 12.0. The van der Waals surface area contributed by atoms with E-state index in [0.29, 0.717) is 34.7 Å². The van der Waals surface area contributed by atoms with E-state index < -0.39 is 10.0 Å². The Kier molecular flexibility index (Phi) is 3.59. The Balaban J connectivity index is 2.47. The predicted octanol–water partition coefficient (Wildman–Crippen LogP) is 1.53. The van der Waals surface area contributed by atoms with Crippen LogP contribution in [0.15, 0.2) is 12.1 Å². The molecule has 0 fully saturated rings. The lowest BCUT2D eigenvalue weighted by Crippen LogP contribution is -2.13. The molecule has 0 unspecified atom stereocenters. The number of rotatable bonds is 4. The third-order valence-electron chi connectivity index (χ3n) is 3.43. The standard InChI is InChI=1S/C14H17N5O3S/c1-5-10-15-8(2)12-13(18-23(4,20)21)16-9-6-7-11(22-3)17-14(9)19(10)12/h6-7H,5H2,1-4H3,(H,16,18). The van der Waals surface area contributed by atoms with E-state index in [9.17, 15) is 8.42 Å². The number of hydrogen-bond donors (Lipinski definition) is 1. The maximum Gasteiger partial charge on any atom is 0.231 e. The third-order valence-corrected chi connectivity index (χ3v) is 3.99. The summed E-state index contributed by atoms with van der Waals surface area (Å²) in [6.45, 7) is 3.79. The summed E-state index contributed by atoms with van der Waals surface area (Å²) in [6.07, 6.45) is 1.76. The highest BCUT2D eigenvalue weighted by atomic mass is 32.2. The highest BCUT2D eigenvalue weighted by Crippen LogP contribution is 2.27. The Bertz CT molecular complexity index is 1010. The number of imidazole rings is 1. The number of ether oxygens (including phenoxy) is 1. The zero-order valence-electron chi connectivity index (χ0n) is 13.3. The number of aromatic nitrogens is 4. The molecule has 0 aliphatic heterocycles. The van der Waals surface area contributed by atoms with Crippen molar-refractivity contribution >= 4 is 32.5 Å². The number of sulfonamides is 1. The number of nitrogens with one attached hydrogen (secondary N) is 1. The van der Waals surface area contributed by atoms with Crippen molar-refractivity contribution in [3.63, 3.8) is 0 Å². The highest BCUT2D eigenvalue weighted by Gasteiger charge is 2.19. The molecule has 1 N–H and O–H groups in total. The molecule has 9 heteroatoms. The fourth-order valence-corrected chi connectivity index (χ4v) is 3.03. The van der Waals surface area contributed by atoms with Gasteiger partial charge in [-0.15, -0.1) is 0 Å². The molecule has 0 atom stereocenters. The number of nitrogens with zero attached hydrogens (tertiary/aromatic N) is 4. The van der Waals surface area contributed by atoms with Gasteiger partial charge in [0.15, 0.2) is 11.5 Å². The summed E-state index contributed by atoms with van der Waals surface area (Å²) >= 11 is 0. The first-order valence-corrected chi connectivity index (χ1v) is 8.93. The summed E-state index contributed by atoms with van der Waals surface area (Å²) in [7, 11) is -1.92. The summed E-state index contributed by atoms with van der Waals surface area (Å²) in [5.74, 6) is 1.48. The average molecular weight is 335 g/mol. The fourth-order valence-electron chi connectivity index (χ4n) is 2.54. The Morgan fingerprint density at radius 2 is 2.00 bits per heavy atom. The van der Waals surface area contributed by atoms with Gasteiger partial charge in [0.2, 0.25) is 15.9 Å². The molecule has 0 saturated carbocycles. The van der Waals surface area contributed by atoms with Gasteiger partial charge in [0.05, 0.1) is 19.1 Å². The molecule has 0 radical (unpaired) electrons. The zero-order chi connectivity index (χ0) is 16.8. The second kappa shape index (κ2) is 5.34. The van der Waals surface area contributed by atoms with E-state index in [2.05, 4.69) is 19.7 Å². The number of hydrogen-bond acceptors (Lipinski definition) is 6. The highest BCUT2D eigenvalue weighted by molar-refractivity contribution is 7.92. The lowest BCUT2D eigenvalue weighted by molar-refractivity contribution is 0.399. The molecule has 3 heterocycles. The van der Waals surface area contributed by atoms with Crippen molar-refractivity contribution in [3.8, 4) is 5.88 Å². The van der Waals surface area contributed by atoms with Gasteiger partial charge >= 0.3 is 0 Å². The van der Waals surface area contributed by atoms with Crippen LogP contribution in [0.3, 0.4) is 0 Å². The molecule has 0 saturated heterocycles. The van der Waals surface area contributed by atoms with E-state index >= 15 is 0 Å². The lowest BCUT2D eigenvalue weighted by Gasteiger charge is -2.10. The van der Waals surface area contributed by atoms with Crippen molar-refractivity contribution < 1.29 is 13.2 Å². The fraction of sp³-hybridized carbons (Fsp3) is 0.357. The maximum atomic E-state index is 11.7. The monoisotopic (exact) mass is 335 g/mol. The van der Waals surface area contributed by atoms with E-state index in [4.69, 9.17) is 4.74 Å². The van der Waals surface area contributed by atoms with Gasteiger partial charge in [0.25, 0.3) is 0 Å². The van der Waals surface area contributed by atoms with Crippen LogP contribution in [-0.2, 0) is 16.4 Å². The molecular formula is C14H17N5O3S. The first-order valence-electron chi connectivity index (χ1n) is 7.04. The van der Waals surface area contributed by atoms with Crippen LogP contribution in [0.2, 0.25) is 0 Å². The molecule has 0 aromatic carbocycles. The lowest BCUT2D eigenvalue weighted by atomic mass is 10.3. The van der Waals surface area contributed by atoms with Gasteiger partial charge in [0.1, 0.15) is 16.9 Å². The molecule has 3 rings (SSSR count). The van der Waals surface area contributed by atoms with Crippen LogP contribution in [-0.4, -0.2) is 41.1 Å². The van der Waals surface area contributed by atoms with Crippen molar-refractivity contribution in [2.45, 2.75) is 20.3 Å². The predicted molar refractivity (Wildman–Crippen MR) is 87.4 cm³/mol. The van der Waals surface area contributed by atoms with Gasteiger partial charge in [-0.2, -0.15) is 4.98 Å². The minimum Gasteiger partial charge on any atom is -0.481 e. The van der Waals surface area contributed by atoms with Crippen molar-refractivity contribution in [3.05, 3.63) is 23.7 Å². The number of aryl methyl sites for hydroxylation is 2. The van der Waals surface area contributed by atoms with Crippen LogP contribution in [0.1, 0.15) is 18.4 Å². The van der Waals surface area contributed by atoms with Crippen molar-refractivity contribution in [1.29, 1.82) is 0 Å². The first kappa shape index (κ1) is 15.5. The van der Waals surface area contributed by atoms with E-state index in [1.807, 2.05) is 18.2 Å². The molecule has 0 aliphatic carbocycles. The molecule has 0 spiro atoms. The Hall–Kier alpha value is -2.42. The topological polar surface area (TPSA) is 98.5 Å². The summed E-state index contributed by atoms with van der Waals surface area (Å²) < 4.78 is 32.8. The summed E-state index contributed by atoms with van der Waals surface area (Å²) in [6, 6.07) is 3.42. The first-order chi connectivity index (χ1) is 10.8. The summed E-state index contributed by atoms with van der Waals surface area (Å²) in [5, 5.41) is 0. The minimum atomic E-state index is -3.46. The Morgan fingerprint density at radius 3 is 2.61 bits per heavy atom. The maximum absolute atomic E-state index is 11.7. The van der Waals surface area contributed by atoms with Crippen molar-refractivity contribution in [2.75, 3.05) is 18.1 Å². The molecule has 8 nitrogen and oxygen atoms in total. The van der Waals surface area contributed by atoms with E-state index in [1.165, 1.54) is 7.11 Å². The number of methoxy groups -OCH3 is 1. The zero-order valence-corrected chi connectivity index (χ0v) is 14.1. The minimum absolute atomic E-state index is 0.247. The third kappa shape index (κ3) is 2.67. The van der Waals surface area contributed by atoms with Crippen LogP contribution >= 0.6 is 0 Å². The van der Waals surface area contributed by atoms with Gasteiger partial charge < -0.3 is 4.74 Å². The molecule has 3 aromatic rings. The molecular weight excluding hydrogens is 318 g/mol. The quantitative estimate of drug-likeness (QED) is 0.776. The van der Waals surface area contributed by atoms with E-state index in [-0.39, 0.29) is 5.82 Å². The molecule has 0 bridgehead atoms. The van der Waals surface area contributed by atoms with Gasteiger partial charge in [0, 0.05) is 12.5 Å². The smallest absolute Gasteiger partial charge is 0.231 e. The number of fused-ring (bicyclic) bond motifs is 3. The molecule has 122 valence electrons. The van der Waals surface area contributed by atoms with Crippen molar-refractivity contribution in [1.82, 2.24) is 19.4 Å². The molecule has 23 heavy (non-hydrogen) atoms. The number of anilines is 1. The van der Waals surface area contributed by atoms with Crippen LogP contribution in [0.4, 0.5) is 5.82 Å². The van der Waals surface area contributed by atoms with Crippen molar-refractivity contribution in [2.24, 2.45) is 0 Å². The van der Waals surface area contributed by atoms with E-state index in [1.54, 1.807) is 12.1 Å². The van der Waals surface area contributed by atoms with E-state index in [0.717, 1.165) is 12.1 Å². The van der Waals surface area contributed by atoms with Gasteiger partial charge in [-0.25, -0.2) is 18.4 Å².